The molecule has 0 aliphatic carbocycles. The van der Waals surface area contributed by atoms with Gasteiger partial charge in [-0.1, -0.05) is 30.3 Å². The molecular formula is C28H34N4O3. The lowest BCUT2D eigenvalue weighted by atomic mass is 9.96. The minimum atomic E-state index is -0.190. The summed E-state index contributed by atoms with van der Waals surface area (Å²) in [6, 6.07) is 16.2. The monoisotopic (exact) mass is 474 g/mol. The molecule has 1 N–H and O–H groups in total. The molecule has 5 rings (SSSR count). The first-order valence-corrected chi connectivity index (χ1v) is 12.6. The standard InChI is InChI=1S/C28H34N4O3/c1-19(2)35-18-8-15-29-25(33)14-17-31-24-12-7-4-9-20(24)21-13-16-32-27(26(21)31)30(3)23-11-6-5-10-22(23)28(32)34/h4-7,9-12,19,27H,8,13-18H2,1-3H3,(H,29,33). The number of nitrogens with one attached hydrogen (secondary N) is 1. The zero-order valence-corrected chi connectivity index (χ0v) is 20.8. The van der Waals surface area contributed by atoms with Crippen LogP contribution in [0.15, 0.2) is 48.5 Å². The Morgan fingerprint density at radius 2 is 1.91 bits per heavy atom. The summed E-state index contributed by atoms with van der Waals surface area (Å²) < 4.78 is 7.82. The maximum atomic E-state index is 13.4. The van der Waals surface area contributed by atoms with Gasteiger partial charge in [0.25, 0.3) is 5.91 Å². The first kappa shape index (κ1) is 23.4. The molecule has 7 nitrogen and oxygen atoms in total. The van der Waals surface area contributed by atoms with Crippen molar-refractivity contribution in [1.82, 2.24) is 14.8 Å². The SMILES string of the molecule is CC(C)OCCCNC(=O)CCn1c2c(c3ccccc31)CCN1C(=O)c3ccccc3N(C)C21. The van der Waals surface area contributed by atoms with Gasteiger partial charge >= 0.3 is 0 Å². The van der Waals surface area contributed by atoms with Crippen LogP contribution in [0.5, 0.6) is 0 Å². The van der Waals surface area contributed by atoms with E-state index in [9.17, 15) is 9.59 Å². The van der Waals surface area contributed by atoms with E-state index < -0.39 is 0 Å². The molecule has 0 radical (unpaired) electrons. The number of carbonyl (C=O) groups excluding carboxylic acids is 2. The molecule has 0 saturated heterocycles. The Bertz CT molecular complexity index is 1250. The van der Waals surface area contributed by atoms with E-state index in [0.717, 1.165) is 35.3 Å². The Morgan fingerprint density at radius 1 is 1.14 bits per heavy atom. The van der Waals surface area contributed by atoms with Gasteiger partial charge in [0.2, 0.25) is 5.91 Å². The number of hydrogen-bond donors (Lipinski definition) is 1. The van der Waals surface area contributed by atoms with Gasteiger partial charge in [0.1, 0.15) is 6.17 Å². The van der Waals surface area contributed by atoms with Crippen LogP contribution in [0.25, 0.3) is 10.9 Å². The van der Waals surface area contributed by atoms with Gasteiger partial charge < -0.3 is 24.4 Å². The molecule has 3 heterocycles. The lowest BCUT2D eigenvalue weighted by Gasteiger charge is -2.46. The summed E-state index contributed by atoms with van der Waals surface area (Å²) in [5.41, 5.74) is 5.23. The number of rotatable bonds is 8. The van der Waals surface area contributed by atoms with Gasteiger partial charge in [-0.3, -0.25) is 9.59 Å². The molecule has 184 valence electrons. The lowest BCUT2D eigenvalue weighted by molar-refractivity contribution is -0.121. The molecular weight excluding hydrogens is 440 g/mol. The fraction of sp³-hybridized carbons (Fsp3) is 0.429. The molecule has 3 aromatic rings. The number of aryl methyl sites for hydroxylation is 1. The van der Waals surface area contributed by atoms with E-state index in [0.29, 0.717) is 32.7 Å². The third kappa shape index (κ3) is 4.29. The molecule has 2 amide bonds. The summed E-state index contributed by atoms with van der Waals surface area (Å²) in [4.78, 5) is 30.3. The van der Waals surface area contributed by atoms with Crippen LogP contribution < -0.4 is 10.2 Å². The second kappa shape index (κ2) is 9.74. The van der Waals surface area contributed by atoms with Gasteiger partial charge in [0.05, 0.1) is 23.0 Å². The third-order valence-electron chi connectivity index (χ3n) is 7.06. The fourth-order valence-electron chi connectivity index (χ4n) is 5.47. The average Bonchev–Trinajstić information content (AvgIpc) is 3.19. The molecule has 1 unspecified atom stereocenters. The Balaban J connectivity index is 1.42. The number of carbonyl (C=O) groups is 2. The molecule has 7 heteroatoms. The van der Waals surface area contributed by atoms with E-state index in [2.05, 4.69) is 40.0 Å². The number of hydrogen-bond acceptors (Lipinski definition) is 4. The van der Waals surface area contributed by atoms with Crippen molar-refractivity contribution >= 4 is 28.4 Å². The van der Waals surface area contributed by atoms with Gasteiger partial charge in [-0.15, -0.1) is 0 Å². The predicted octanol–water partition coefficient (Wildman–Crippen LogP) is 4.11. The molecule has 1 atom stereocenters. The maximum Gasteiger partial charge on any atom is 0.257 e. The minimum Gasteiger partial charge on any atom is -0.379 e. The summed E-state index contributed by atoms with van der Waals surface area (Å²) in [6.07, 6.45) is 2.01. The van der Waals surface area contributed by atoms with Crippen LogP contribution in [0.1, 0.15) is 54.5 Å². The van der Waals surface area contributed by atoms with Gasteiger partial charge in [-0.25, -0.2) is 0 Å². The van der Waals surface area contributed by atoms with E-state index in [1.54, 1.807) is 0 Å². The van der Waals surface area contributed by atoms with Crippen LogP contribution in [-0.4, -0.2) is 54.1 Å². The van der Waals surface area contributed by atoms with E-state index in [1.807, 2.05) is 49.1 Å². The first-order valence-electron chi connectivity index (χ1n) is 12.6. The second-order valence-corrected chi connectivity index (χ2v) is 9.66. The Morgan fingerprint density at radius 3 is 2.74 bits per heavy atom. The first-order chi connectivity index (χ1) is 17.0. The summed E-state index contributed by atoms with van der Waals surface area (Å²) >= 11 is 0. The molecule has 2 aliphatic rings. The van der Waals surface area contributed by atoms with E-state index in [4.69, 9.17) is 4.74 Å². The highest BCUT2D eigenvalue weighted by atomic mass is 16.5. The van der Waals surface area contributed by atoms with Crippen molar-refractivity contribution in [2.24, 2.45) is 0 Å². The largest absolute Gasteiger partial charge is 0.379 e. The molecule has 0 saturated carbocycles. The fourth-order valence-corrected chi connectivity index (χ4v) is 5.47. The van der Waals surface area contributed by atoms with Crippen molar-refractivity contribution in [1.29, 1.82) is 0 Å². The van der Waals surface area contributed by atoms with Gasteiger partial charge in [0.15, 0.2) is 0 Å². The number of fused-ring (bicyclic) bond motifs is 6. The van der Waals surface area contributed by atoms with E-state index in [1.165, 1.54) is 10.9 Å². The van der Waals surface area contributed by atoms with Crippen LogP contribution in [0.3, 0.4) is 0 Å². The number of nitrogens with zero attached hydrogens (tertiary/aromatic N) is 3. The summed E-state index contributed by atoms with van der Waals surface area (Å²) in [7, 11) is 2.06. The van der Waals surface area contributed by atoms with E-state index >= 15 is 0 Å². The van der Waals surface area contributed by atoms with Crippen molar-refractivity contribution in [2.75, 3.05) is 31.6 Å². The van der Waals surface area contributed by atoms with Crippen LogP contribution in [-0.2, 0) is 22.5 Å². The summed E-state index contributed by atoms with van der Waals surface area (Å²) in [5, 5.41) is 4.24. The lowest BCUT2D eigenvalue weighted by Crippen LogP contribution is -2.51. The molecule has 35 heavy (non-hydrogen) atoms. The molecule has 0 bridgehead atoms. The smallest absolute Gasteiger partial charge is 0.257 e. The van der Waals surface area contributed by atoms with Gasteiger partial charge in [0, 0.05) is 50.6 Å². The van der Waals surface area contributed by atoms with Gasteiger partial charge in [-0.05, 0) is 50.5 Å². The zero-order valence-electron chi connectivity index (χ0n) is 20.8. The predicted molar refractivity (Wildman–Crippen MR) is 138 cm³/mol. The summed E-state index contributed by atoms with van der Waals surface area (Å²) in [5.74, 6) is 0.111. The zero-order chi connectivity index (χ0) is 24.5. The van der Waals surface area contributed by atoms with Crippen molar-refractivity contribution in [3.8, 4) is 0 Å². The van der Waals surface area contributed by atoms with Crippen molar-refractivity contribution in [3.05, 3.63) is 65.4 Å². The molecule has 2 aliphatic heterocycles. The highest BCUT2D eigenvalue weighted by Gasteiger charge is 2.42. The Kier molecular flexibility index (Phi) is 6.52. The summed E-state index contributed by atoms with van der Waals surface area (Å²) in [6.45, 7) is 6.53. The maximum absolute atomic E-state index is 13.4. The van der Waals surface area contributed by atoms with Crippen molar-refractivity contribution in [3.63, 3.8) is 0 Å². The highest BCUT2D eigenvalue weighted by Crippen LogP contribution is 2.44. The topological polar surface area (TPSA) is 66.8 Å². The number of para-hydroxylation sites is 2. The molecule has 1 aromatic heterocycles. The van der Waals surface area contributed by atoms with E-state index in [-0.39, 0.29) is 24.1 Å². The normalized spacial score (nSPS) is 16.9. The second-order valence-electron chi connectivity index (χ2n) is 9.66. The number of amides is 2. The third-order valence-corrected chi connectivity index (χ3v) is 7.06. The van der Waals surface area contributed by atoms with Gasteiger partial charge in [-0.2, -0.15) is 0 Å². The Hall–Kier alpha value is -3.32. The molecule has 0 fully saturated rings. The van der Waals surface area contributed by atoms with Crippen molar-refractivity contribution < 1.29 is 14.3 Å². The van der Waals surface area contributed by atoms with Crippen LogP contribution in [0, 0.1) is 0 Å². The number of aromatic nitrogens is 1. The van der Waals surface area contributed by atoms with Crippen LogP contribution in [0.2, 0.25) is 0 Å². The quantitative estimate of drug-likeness (QED) is 0.499. The van der Waals surface area contributed by atoms with Crippen molar-refractivity contribution in [2.45, 2.75) is 51.9 Å². The average molecular weight is 475 g/mol. The van der Waals surface area contributed by atoms with Crippen LogP contribution in [0.4, 0.5) is 5.69 Å². The van der Waals surface area contributed by atoms with Crippen LogP contribution >= 0.6 is 0 Å². The number of benzene rings is 2. The number of ether oxygens (including phenoxy) is 1. The Labute approximate surface area is 206 Å². The highest BCUT2D eigenvalue weighted by molar-refractivity contribution is 6.02. The molecule has 2 aromatic carbocycles. The molecule has 0 spiro atoms. The minimum absolute atomic E-state index is 0.0344. The number of anilines is 1.